The lowest BCUT2D eigenvalue weighted by Crippen LogP contribution is -2.48. The van der Waals surface area contributed by atoms with Crippen molar-refractivity contribution >= 4 is 33.8 Å². The minimum Gasteiger partial charge on any atom is -0.324 e. The first-order valence-corrected chi connectivity index (χ1v) is 9.76. The van der Waals surface area contributed by atoms with Gasteiger partial charge >= 0.3 is 0 Å². The van der Waals surface area contributed by atoms with Crippen LogP contribution in [-0.2, 0) is 11.3 Å². The summed E-state index contributed by atoms with van der Waals surface area (Å²) in [4.78, 5) is 22.9. The van der Waals surface area contributed by atoms with Crippen LogP contribution < -0.4 is 5.32 Å². The Morgan fingerprint density at radius 1 is 1.04 bits per heavy atom. The summed E-state index contributed by atoms with van der Waals surface area (Å²) in [7, 11) is 0. The average Bonchev–Trinajstić information content (AvgIpc) is 3.17. The summed E-state index contributed by atoms with van der Waals surface area (Å²) in [6, 6.07) is 14.0. The second-order valence-electron chi connectivity index (χ2n) is 6.56. The standard InChI is InChI=1S/C20H22N4OS/c25-20(22-19-7-1-6-18-17(19)5-2-8-21-18)15-24-11-9-23(10-12-24)14-16-4-3-13-26-16/h1-8,13H,9-12,14-15H2,(H,22,25). The normalized spacial score (nSPS) is 16.0. The first-order chi connectivity index (χ1) is 12.8. The Bertz CT molecular complexity index is 867. The predicted molar refractivity (Wildman–Crippen MR) is 106 cm³/mol. The largest absolute Gasteiger partial charge is 0.324 e. The number of fused-ring (bicyclic) bond motifs is 1. The number of hydrogen-bond donors (Lipinski definition) is 1. The molecule has 1 aliphatic rings. The van der Waals surface area contributed by atoms with E-state index in [0.29, 0.717) is 6.54 Å². The van der Waals surface area contributed by atoms with E-state index in [0.717, 1.165) is 49.3 Å². The minimum atomic E-state index is 0.0352. The van der Waals surface area contributed by atoms with Crippen LogP contribution in [0, 0.1) is 0 Å². The van der Waals surface area contributed by atoms with Gasteiger partial charge in [-0.05, 0) is 35.7 Å². The summed E-state index contributed by atoms with van der Waals surface area (Å²) in [5.41, 5.74) is 1.73. The number of anilines is 1. The summed E-state index contributed by atoms with van der Waals surface area (Å²) in [5, 5.41) is 6.15. The van der Waals surface area contributed by atoms with Crippen molar-refractivity contribution in [3.8, 4) is 0 Å². The van der Waals surface area contributed by atoms with Gasteiger partial charge in [0.15, 0.2) is 0 Å². The molecule has 1 aliphatic heterocycles. The van der Waals surface area contributed by atoms with Crippen molar-refractivity contribution in [3.05, 3.63) is 58.9 Å². The molecule has 1 aromatic carbocycles. The minimum absolute atomic E-state index is 0.0352. The number of hydrogen-bond acceptors (Lipinski definition) is 5. The van der Waals surface area contributed by atoms with E-state index in [1.165, 1.54) is 4.88 Å². The highest BCUT2D eigenvalue weighted by atomic mass is 32.1. The number of pyridine rings is 1. The van der Waals surface area contributed by atoms with Crippen LogP contribution in [0.15, 0.2) is 54.0 Å². The summed E-state index contributed by atoms with van der Waals surface area (Å²) >= 11 is 1.81. The van der Waals surface area contributed by atoms with Crippen LogP contribution in [0.2, 0.25) is 0 Å². The molecular formula is C20H22N4OS. The highest BCUT2D eigenvalue weighted by Crippen LogP contribution is 2.21. The van der Waals surface area contributed by atoms with Gasteiger partial charge in [-0.25, -0.2) is 0 Å². The fourth-order valence-electron chi connectivity index (χ4n) is 3.33. The molecule has 0 bridgehead atoms. The molecule has 5 nitrogen and oxygen atoms in total. The SMILES string of the molecule is O=C(CN1CCN(Cc2cccs2)CC1)Nc1cccc2ncccc12. The highest BCUT2D eigenvalue weighted by molar-refractivity contribution is 7.09. The number of amides is 1. The van der Waals surface area contributed by atoms with Gasteiger partial charge in [-0.3, -0.25) is 19.6 Å². The second-order valence-corrected chi connectivity index (χ2v) is 7.59. The third-order valence-electron chi connectivity index (χ3n) is 4.71. The average molecular weight is 366 g/mol. The summed E-state index contributed by atoms with van der Waals surface area (Å²) in [6.07, 6.45) is 1.77. The molecule has 0 unspecified atom stereocenters. The molecule has 1 N–H and O–H groups in total. The van der Waals surface area contributed by atoms with Crippen molar-refractivity contribution in [3.63, 3.8) is 0 Å². The summed E-state index contributed by atoms with van der Waals surface area (Å²) < 4.78 is 0. The maximum atomic E-state index is 12.5. The van der Waals surface area contributed by atoms with Crippen LogP contribution in [0.5, 0.6) is 0 Å². The zero-order chi connectivity index (χ0) is 17.8. The monoisotopic (exact) mass is 366 g/mol. The van der Waals surface area contributed by atoms with Gasteiger partial charge in [0, 0.05) is 49.2 Å². The third-order valence-corrected chi connectivity index (χ3v) is 5.57. The Kier molecular flexibility index (Phi) is 5.24. The van der Waals surface area contributed by atoms with Crippen LogP contribution in [0.1, 0.15) is 4.88 Å². The number of thiophene rings is 1. The van der Waals surface area contributed by atoms with E-state index in [9.17, 15) is 4.79 Å². The van der Waals surface area contributed by atoms with Crippen molar-refractivity contribution in [2.24, 2.45) is 0 Å². The first-order valence-electron chi connectivity index (χ1n) is 8.88. The molecule has 3 aromatic rings. The van der Waals surface area contributed by atoms with Crippen LogP contribution in [0.25, 0.3) is 10.9 Å². The van der Waals surface area contributed by atoms with E-state index in [4.69, 9.17) is 0 Å². The van der Waals surface area contributed by atoms with E-state index in [-0.39, 0.29) is 5.91 Å². The van der Waals surface area contributed by atoms with E-state index in [2.05, 4.69) is 37.6 Å². The van der Waals surface area contributed by atoms with E-state index < -0.39 is 0 Å². The molecule has 26 heavy (non-hydrogen) atoms. The van der Waals surface area contributed by atoms with E-state index >= 15 is 0 Å². The van der Waals surface area contributed by atoms with Gasteiger partial charge in [0.2, 0.25) is 5.91 Å². The van der Waals surface area contributed by atoms with E-state index in [1.807, 2.05) is 30.3 Å². The second kappa shape index (κ2) is 7.95. The number of piperazine rings is 1. The summed E-state index contributed by atoms with van der Waals surface area (Å²) in [5.74, 6) is 0.0352. The Morgan fingerprint density at radius 3 is 2.69 bits per heavy atom. The number of nitrogens with zero attached hydrogens (tertiary/aromatic N) is 3. The van der Waals surface area contributed by atoms with Crippen LogP contribution in [0.4, 0.5) is 5.69 Å². The maximum absolute atomic E-state index is 12.5. The number of aromatic nitrogens is 1. The van der Waals surface area contributed by atoms with Gasteiger partial charge in [-0.2, -0.15) is 0 Å². The number of carbonyl (C=O) groups excluding carboxylic acids is 1. The fourth-order valence-corrected chi connectivity index (χ4v) is 4.08. The van der Waals surface area contributed by atoms with Gasteiger partial charge in [-0.1, -0.05) is 12.1 Å². The lowest BCUT2D eigenvalue weighted by Gasteiger charge is -2.34. The number of benzene rings is 1. The Labute approximate surface area is 157 Å². The molecule has 0 saturated carbocycles. The van der Waals surface area contributed by atoms with Crippen LogP contribution >= 0.6 is 11.3 Å². The van der Waals surface area contributed by atoms with Crippen LogP contribution in [0.3, 0.4) is 0 Å². The molecule has 3 heterocycles. The molecule has 0 atom stereocenters. The molecule has 1 fully saturated rings. The number of carbonyl (C=O) groups is 1. The lowest BCUT2D eigenvalue weighted by atomic mass is 10.2. The summed E-state index contributed by atoms with van der Waals surface area (Å²) in [6.45, 7) is 5.31. The first kappa shape index (κ1) is 17.1. The zero-order valence-electron chi connectivity index (χ0n) is 14.6. The third kappa shape index (κ3) is 4.09. The number of rotatable bonds is 5. The number of nitrogens with one attached hydrogen (secondary N) is 1. The van der Waals surface area contributed by atoms with Gasteiger partial charge in [0.25, 0.3) is 0 Å². The smallest absolute Gasteiger partial charge is 0.238 e. The molecule has 2 aromatic heterocycles. The van der Waals surface area contributed by atoms with Gasteiger partial charge < -0.3 is 5.32 Å². The Hall–Kier alpha value is -2.28. The Morgan fingerprint density at radius 2 is 1.88 bits per heavy atom. The molecule has 134 valence electrons. The van der Waals surface area contributed by atoms with Crippen molar-refractivity contribution in [1.82, 2.24) is 14.8 Å². The topological polar surface area (TPSA) is 48.5 Å². The van der Waals surface area contributed by atoms with Crippen molar-refractivity contribution in [1.29, 1.82) is 0 Å². The maximum Gasteiger partial charge on any atom is 0.238 e. The fraction of sp³-hybridized carbons (Fsp3) is 0.300. The highest BCUT2D eigenvalue weighted by Gasteiger charge is 2.19. The molecule has 1 saturated heterocycles. The van der Waals surface area contributed by atoms with Gasteiger partial charge in [0.05, 0.1) is 17.7 Å². The molecule has 6 heteroatoms. The van der Waals surface area contributed by atoms with E-state index in [1.54, 1.807) is 17.5 Å². The molecule has 0 radical (unpaired) electrons. The lowest BCUT2D eigenvalue weighted by molar-refractivity contribution is -0.117. The molecule has 4 rings (SSSR count). The van der Waals surface area contributed by atoms with Crippen molar-refractivity contribution < 1.29 is 4.79 Å². The van der Waals surface area contributed by atoms with Crippen molar-refractivity contribution in [2.75, 3.05) is 38.0 Å². The quantitative estimate of drug-likeness (QED) is 0.754. The predicted octanol–water partition coefficient (Wildman–Crippen LogP) is 3.05. The molecular weight excluding hydrogens is 344 g/mol. The van der Waals surface area contributed by atoms with Crippen LogP contribution in [-0.4, -0.2) is 53.4 Å². The molecule has 0 spiro atoms. The van der Waals surface area contributed by atoms with Crippen molar-refractivity contribution in [2.45, 2.75) is 6.54 Å². The molecule has 1 amide bonds. The zero-order valence-corrected chi connectivity index (χ0v) is 15.4. The molecule has 0 aliphatic carbocycles. The van der Waals surface area contributed by atoms with Gasteiger partial charge in [-0.15, -0.1) is 11.3 Å². The van der Waals surface area contributed by atoms with Gasteiger partial charge in [0.1, 0.15) is 0 Å². The Balaban J connectivity index is 1.30.